The molecule has 1 heterocycles. The van der Waals surface area contributed by atoms with E-state index in [1.54, 1.807) is 0 Å². The van der Waals surface area contributed by atoms with E-state index >= 15 is 0 Å². The molecule has 0 radical (unpaired) electrons. The Hall–Kier alpha value is -1.43. The van der Waals surface area contributed by atoms with Crippen LogP contribution in [0.4, 0.5) is 5.13 Å². The molecule has 6 heteroatoms. The summed E-state index contributed by atoms with van der Waals surface area (Å²) in [4.78, 5) is 15.7. The van der Waals surface area contributed by atoms with Crippen LogP contribution in [0.1, 0.15) is 17.7 Å². The lowest BCUT2D eigenvalue weighted by atomic mass is 10.1. The zero-order chi connectivity index (χ0) is 13.7. The maximum Gasteiger partial charge on any atom is 0.227 e. The van der Waals surface area contributed by atoms with Crippen molar-refractivity contribution in [3.63, 3.8) is 0 Å². The van der Waals surface area contributed by atoms with Gasteiger partial charge in [0.25, 0.3) is 0 Å². The number of carbonyl (C=O) groups is 1. The lowest BCUT2D eigenvalue weighted by molar-refractivity contribution is -0.116. The lowest BCUT2D eigenvalue weighted by Gasteiger charge is -1.99. The Kier molecular flexibility index (Phi) is 4.90. The van der Waals surface area contributed by atoms with E-state index in [1.165, 1.54) is 11.3 Å². The van der Waals surface area contributed by atoms with Gasteiger partial charge in [-0.25, -0.2) is 4.98 Å². The molecule has 0 saturated heterocycles. The molecule has 19 heavy (non-hydrogen) atoms. The topological polar surface area (TPSA) is 68.0 Å². The summed E-state index contributed by atoms with van der Waals surface area (Å²) in [6, 6.07) is 7.64. The van der Waals surface area contributed by atoms with Gasteiger partial charge in [0, 0.05) is 29.8 Å². The second kappa shape index (κ2) is 6.65. The molecule has 0 saturated carbocycles. The van der Waals surface area contributed by atoms with Gasteiger partial charge in [-0.3, -0.25) is 4.79 Å². The summed E-state index contributed by atoms with van der Waals surface area (Å²) < 4.78 is 0. The molecule has 0 aliphatic heterocycles. The molecule has 3 N–H and O–H groups in total. The summed E-state index contributed by atoms with van der Waals surface area (Å²) in [6.07, 6.45) is 1.03. The number of aromatic nitrogens is 1. The van der Waals surface area contributed by atoms with Crippen molar-refractivity contribution in [2.24, 2.45) is 5.73 Å². The maximum absolute atomic E-state index is 11.4. The number of hydrogen-bond acceptors (Lipinski definition) is 4. The van der Waals surface area contributed by atoms with Crippen molar-refractivity contribution in [3.8, 4) is 0 Å². The SMILES string of the molecule is NCCC(=O)Nc1nc(Cc2ccc(Cl)cc2)cs1. The molecule has 0 bridgehead atoms. The van der Waals surface area contributed by atoms with Crippen LogP contribution >= 0.6 is 22.9 Å². The second-order valence-electron chi connectivity index (χ2n) is 4.03. The Bertz CT molecular complexity index is 553. The van der Waals surface area contributed by atoms with Crippen LogP contribution in [-0.2, 0) is 11.2 Å². The molecule has 2 aromatic rings. The number of rotatable bonds is 5. The molecule has 0 unspecified atom stereocenters. The molecule has 100 valence electrons. The molecule has 0 aliphatic rings. The van der Waals surface area contributed by atoms with Gasteiger partial charge in [0.1, 0.15) is 0 Å². The van der Waals surface area contributed by atoms with E-state index in [0.717, 1.165) is 22.7 Å². The van der Waals surface area contributed by atoms with Gasteiger partial charge < -0.3 is 11.1 Å². The van der Waals surface area contributed by atoms with Crippen LogP contribution in [0, 0.1) is 0 Å². The predicted octanol–water partition coefficient (Wildman–Crippen LogP) is 2.67. The van der Waals surface area contributed by atoms with Crippen molar-refractivity contribution in [2.75, 3.05) is 11.9 Å². The number of benzene rings is 1. The Balaban J connectivity index is 1.97. The van der Waals surface area contributed by atoms with Crippen LogP contribution in [0.3, 0.4) is 0 Å². The van der Waals surface area contributed by atoms with E-state index in [2.05, 4.69) is 10.3 Å². The van der Waals surface area contributed by atoms with E-state index in [-0.39, 0.29) is 5.91 Å². The number of nitrogens with zero attached hydrogens (tertiary/aromatic N) is 1. The lowest BCUT2D eigenvalue weighted by Crippen LogP contribution is -2.16. The maximum atomic E-state index is 11.4. The zero-order valence-electron chi connectivity index (χ0n) is 10.2. The quantitative estimate of drug-likeness (QED) is 0.891. The average molecular weight is 296 g/mol. The molecule has 1 aromatic heterocycles. The van der Waals surface area contributed by atoms with E-state index < -0.39 is 0 Å². The van der Waals surface area contributed by atoms with Crippen LogP contribution in [0.25, 0.3) is 0 Å². The summed E-state index contributed by atoms with van der Waals surface area (Å²) in [5, 5.41) is 6.00. The Morgan fingerprint density at radius 3 is 2.79 bits per heavy atom. The molecule has 2 rings (SSSR count). The first-order valence-electron chi connectivity index (χ1n) is 5.86. The fraction of sp³-hybridized carbons (Fsp3) is 0.231. The third-order valence-corrected chi connectivity index (χ3v) is 3.53. The molecule has 4 nitrogen and oxygen atoms in total. The van der Waals surface area contributed by atoms with Crippen LogP contribution in [0.2, 0.25) is 5.02 Å². The molecular weight excluding hydrogens is 282 g/mol. The van der Waals surface area contributed by atoms with Crippen LogP contribution in [-0.4, -0.2) is 17.4 Å². The minimum Gasteiger partial charge on any atom is -0.330 e. The molecule has 0 spiro atoms. The fourth-order valence-electron chi connectivity index (χ4n) is 1.57. The second-order valence-corrected chi connectivity index (χ2v) is 5.33. The number of hydrogen-bond donors (Lipinski definition) is 2. The van der Waals surface area contributed by atoms with Gasteiger partial charge in [-0.15, -0.1) is 11.3 Å². The highest BCUT2D eigenvalue weighted by Gasteiger charge is 2.06. The van der Waals surface area contributed by atoms with Crippen molar-refractivity contribution in [1.82, 2.24) is 4.98 Å². The van der Waals surface area contributed by atoms with Crippen molar-refractivity contribution in [2.45, 2.75) is 12.8 Å². The summed E-state index contributed by atoms with van der Waals surface area (Å²) in [6.45, 7) is 0.342. The summed E-state index contributed by atoms with van der Waals surface area (Å²) in [7, 11) is 0. The van der Waals surface area contributed by atoms with Gasteiger partial charge in [-0.2, -0.15) is 0 Å². The van der Waals surface area contributed by atoms with Gasteiger partial charge in [0.2, 0.25) is 5.91 Å². The highest BCUT2D eigenvalue weighted by Crippen LogP contribution is 2.19. The van der Waals surface area contributed by atoms with E-state index in [0.29, 0.717) is 18.1 Å². The minimum atomic E-state index is -0.102. The van der Waals surface area contributed by atoms with Gasteiger partial charge in [0.15, 0.2) is 5.13 Å². The van der Waals surface area contributed by atoms with Gasteiger partial charge >= 0.3 is 0 Å². The van der Waals surface area contributed by atoms with Gasteiger partial charge in [0.05, 0.1) is 5.69 Å². The van der Waals surface area contributed by atoms with E-state index in [9.17, 15) is 4.79 Å². The third kappa shape index (κ3) is 4.31. The molecule has 0 aliphatic carbocycles. The summed E-state index contributed by atoms with van der Waals surface area (Å²) >= 11 is 7.25. The normalized spacial score (nSPS) is 10.4. The third-order valence-electron chi connectivity index (χ3n) is 2.47. The zero-order valence-corrected chi connectivity index (χ0v) is 11.8. The first kappa shape index (κ1) is 14.0. The summed E-state index contributed by atoms with van der Waals surface area (Å²) in [5.74, 6) is -0.102. The van der Waals surface area contributed by atoms with Crippen LogP contribution < -0.4 is 11.1 Å². The van der Waals surface area contributed by atoms with E-state index in [4.69, 9.17) is 17.3 Å². The molecule has 1 aromatic carbocycles. The van der Waals surface area contributed by atoms with Gasteiger partial charge in [-0.05, 0) is 17.7 Å². The highest BCUT2D eigenvalue weighted by molar-refractivity contribution is 7.13. The molecule has 1 amide bonds. The van der Waals surface area contributed by atoms with Crippen molar-refractivity contribution >= 4 is 34.0 Å². The van der Waals surface area contributed by atoms with Crippen molar-refractivity contribution in [1.29, 1.82) is 0 Å². The Morgan fingerprint density at radius 1 is 1.37 bits per heavy atom. The largest absolute Gasteiger partial charge is 0.330 e. The number of nitrogens with two attached hydrogens (primary N) is 1. The first-order chi connectivity index (χ1) is 9.17. The number of nitrogens with one attached hydrogen (secondary N) is 1. The van der Waals surface area contributed by atoms with Crippen molar-refractivity contribution in [3.05, 3.63) is 45.9 Å². The highest BCUT2D eigenvalue weighted by atomic mass is 35.5. The number of carbonyl (C=O) groups excluding carboxylic acids is 1. The van der Waals surface area contributed by atoms with Crippen LogP contribution in [0.15, 0.2) is 29.6 Å². The standard InChI is InChI=1S/C13H14ClN3OS/c14-10-3-1-9(2-4-10)7-11-8-19-13(16-11)17-12(18)5-6-15/h1-4,8H,5-7,15H2,(H,16,17,18). The first-order valence-corrected chi connectivity index (χ1v) is 7.12. The predicted molar refractivity (Wildman–Crippen MR) is 78.7 cm³/mol. The minimum absolute atomic E-state index is 0.102. The number of halogens is 1. The smallest absolute Gasteiger partial charge is 0.227 e. The average Bonchev–Trinajstić information content (AvgIpc) is 2.80. The molecule has 0 fully saturated rings. The van der Waals surface area contributed by atoms with Crippen LogP contribution in [0.5, 0.6) is 0 Å². The number of anilines is 1. The van der Waals surface area contributed by atoms with Crippen molar-refractivity contribution < 1.29 is 4.79 Å². The molecular formula is C13H14ClN3OS. The summed E-state index contributed by atoms with van der Waals surface area (Å²) in [5.41, 5.74) is 7.37. The number of amides is 1. The molecule has 0 atom stereocenters. The number of thiazole rings is 1. The van der Waals surface area contributed by atoms with E-state index in [1.807, 2.05) is 29.6 Å². The van der Waals surface area contributed by atoms with Gasteiger partial charge in [-0.1, -0.05) is 23.7 Å². The Labute approximate surface area is 120 Å². The monoisotopic (exact) mass is 295 g/mol. The fourth-order valence-corrected chi connectivity index (χ4v) is 2.42. The Morgan fingerprint density at radius 2 is 2.11 bits per heavy atom.